The second-order valence-corrected chi connectivity index (χ2v) is 5.06. The monoisotopic (exact) mass is 239 g/mol. The van der Waals surface area contributed by atoms with E-state index in [2.05, 4.69) is 26.1 Å². The van der Waals surface area contributed by atoms with E-state index in [1.54, 1.807) is 6.07 Å². The molecule has 3 heteroatoms. The van der Waals surface area contributed by atoms with Gasteiger partial charge in [-0.1, -0.05) is 26.8 Å². The van der Waals surface area contributed by atoms with Crippen molar-refractivity contribution in [3.05, 3.63) is 29.6 Å². The van der Waals surface area contributed by atoms with Crippen molar-refractivity contribution in [2.24, 2.45) is 11.8 Å². The molecule has 0 amide bonds. The van der Waals surface area contributed by atoms with Gasteiger partial charge in [0.25, 0.3) is 0 Å². The van der Waals surface area contributed by atoms with E-state index in [-0.39, 0.29) is 17.6 Å². The third-order valence-electron chi connectivity index (χ3n) is 3.33. The number of nitrogens with one attached hydrogen (secondary N) is 1. The average Bonchev–Trinajstić information content (AvgIpc) is 2.25. The van der Waals surface area contributed by atoms with Gasteiger partial charge < -0.3 is 10.4 Å². The van der Waals surface area contributed by atoms with Crippen LogP contribution in [0.4, 0.5) is 4.39 Å². The van der Waals surface area contributed by atoms with Crippen molar-refractivity contribution in [3.63, 3.8) is 0 Å². The molecule has 0 spiro atoms. The van der Waals surface area contributed by atoms with Gasteiger partial charge in [-0.3, -0.25) is 0 Å². The second kappa shape index (κ2) is 6.01. The van der Waals surface area contributed by atoms with Gasteiger partial charge in [0, 0.05) is 17.7 Å². The maximum atomic E-state index is 13.6. The number of rotatable bonds is 5. The van der Waals surface area contributed by atoms with Crippen LogP contribution in [0.2, 0.25) is 0 Å². The molecular formula is C14H22FNO. The van der Waals surface area contributed by atoms with E-state index in [1.165, 1.54) is 6.07 Å². The van der Waals surface area contributed by atoms with Gasteiger partial charge >= 0.3 is 0 Å². The highest BCUT2D eigenvalue weighted by Gasteiger charge is 2.13. The summed E-state index contributed by atoms with van der Waals surface area (Å²) in [4.78, 5) is 0. The largest absolute Gasteiger partial charge is 0.508 e. The molecule has 2 unspecified atom stereocenters. The Morgan fingerprint density at radius 2 is 1.88 bits per heavy atom. The zero-order valence-electron chi connectivity index (χ0n) is 11.0. The molecule has 0 bridgehead atoms. The highest BCUT2D eigenvalue weighted by Crippen LogP contribution is 2.21. The summed E-state index contributed by atoms with van der Waals surface area (Å²) >= 11 is 0. The van der Waals surface area contributed by atoms with E-state index in [9.17, 15) is 4.39 Å². The lowest BCUT2D eigenvalue weighted by Gasteiger charge is -2.20. The molecule has 0 saturated heterocycles. The normalized spacial score (nSPS) is 14.9. The van der Waals surface area contributed by atoms with Crippen LogP contribution in [-0.4, -0.2) is 11.7 Å². The lowest BCUT2D eigenvalue weighted by atomic mass is 9.97. The molecule has 0 radical (unpaired) electrons. The number of phenolic OH excluding ortho intramolecular Hbond substituents is 1. The minimum Gasteiger partial charge on any atom is -0.508 e. The summed E-state index contributed by atoms with van der Waals surface area (Å²) in [5.41, 5.74) is 0.596. The third kappa shape index (κ3) is 4.00. The van der Waals surface area contributed by atoms with Crippen molar-refractivity contribution in [2.45, 2.75) is 33.7 Å². The molecule has 1 aromatic rings. The van der Waals surface area contributed by atoms with E-state index < -0.39 is 0 Å². The molecule has 0 aromatic heterocycles. The molecule has 0 aliphatic heterocycles. The van der Waals surface area contributed by atoms with Crippen LogP contribution in [0.15, 0.2) is 18.2 Å². The minimum atomic E-state index is -0.359. The van der Waals surface area contributed by atoms with E-state index >= 15 is 0 Å². The lowest BCUT2D eigenvalue weighted by Crippen LogP contribution is -2.27. The minimum absolute atomic E-state index is 0.0333. The van der Waals surface area contributed by atoms with Crippen LogP contribution >= 0.6 is 0 Å². The van der Waals surface area contributed by atoms with Crippen molar-refractivity contribution in [3.8, 4) is 5.75 Å². The predicted molar refractivity (Wildman–Crippen MR) is 68.5 cm³/mol. The molecule has 96 valence electrons. The van der Waals surface area contributed by atoms with Crippen LogP contribution < -0.4 is 5.32 Å². The van der Waals surface area contributed by atoms with Crippen LogP contribution in [0.3, 0.4) is 0 Å². The Morgan fingerprint density at radius 3 is 2.41 bits per heavy atom. The molecule has 2 nitrogen and oxygen atoms in total. The van der Waals surface area contributed by atoms with Crippen molar-refractivity contribution in [1.82, 2.24) is 5.32 Å². The highest BCUT2D eigenvalue weighted by atomic mass is 19.1. The number of hydrogen-bond donors (Lipinski definition) is 2. The number of hydrogen-bond acceptors (Lipinski definition) is 2. The quantitative estimate of drug-likeness (QED) is 0.824. The first-order valence-electron chi connectivity index (χ1n) is 6.13. The molecule has 1 rings (SSSR count). The fraction of sp³-hybridized carbons (Fsp3) is 0.571. The SMILES string of the molecule is CC(NCC(C)C(C)C)c1ccc(O)cc1F. The first kappa shape index (κ1) is 14.0. The van der Waals surface area contributed by atoms with Crippen LogP contribution in [0.5, 0.6) is 5.75 Å². The zero-order chi connectivity index (χ0) is 13.0. The van der Waals surface area contributed by atoms with Gasteiger partial charge in [0.2, 0.25) is 0 Å². The molecule has 0 heterocycles. The summed E-state index contributed by atoms with van der Waals surface area (Å²) in [6, 6.07) is 4.25. The highest BCUT2D eigenvalue weighted by molar-refractivity contribution is 5.29. The van der Waals surface area contributed by atoms with Crippen molar-refractivity contribution in [1.29, 1.82) is 0 Å². The standard InChI is InChI=1S/C14H22FNO/c1-9(2)10(3)8-16-11(4)13-6-5-12(17)7-14(13)15/h5-7,9-11,16-17H,8H2,1-4H3. The van der Waals surface area contributed by atoms with Gasteiger partial charge in [0.1, 0.15) is 11.6 Å². The molecular weight excluding hydrogens is 217 g/mol. The topological polar surface area (TPSA) is 32.3 Å². The van der Waals surface area contributed by atoms with Gasteiger partial charge in [0.15, 0.2) is 0 Å². The summed E-state index contributed by atoms with van der Waals surface area (Å²) in [7, 11) is 0. The van der Waals surface area contributed by atoms with Crippen LogP contribution in [-0.2, 0) is 0 Å². The van der Waals surface area contributed by atoms with E-state index in [4.69, 9.17) is 5.11 Å². The summed E-state index contributed by atoms with van der Waals surface area (Å²) < 4.78 is 13.6. The fourth-order valence-electron chi connectivity index (χ4n) is 1.58. The van der Waals surface area contributed by atoms with Gasteiger partial charge in [-0.15, -0.1) is 0 Å². The van der Waals surface area contributed by atoms with Gasteiger partial charge in [-0.2, -0.15) is 0 Å². The smallest absolute Gasteiger partial charge is 0.131 e. The second-order valence-electron chi connectivity index (χ2n) is 5.06. The Morgan fingerprint density at radius 1 is 1.24 bits per heavy atom. The average molecular weight is 239 g/mol. The maximum absolute atomic E-state index is 13.6. The molecule has 0 saturated carbocycles. The zero-order valence-corrected chi connectivity index (χ0v) is 11.0. The van der Waals surface area contributed by atoms with Gasteiger partial charge in [-0.05, 0) is 31.4 Å². The number of halogens is 1. The van der Waals surface area contributed by atoms with Crippen molar-refractivity contribution in [2.75, 3.05) is 6.54 Å². The summed E-state index contributed by atoms with van der Waals surface area (Å²) in [5, 5.41) is 12.5. The van der Waals surface area contributed by atoms with E-state index in [1.807, 2.05) is 6.92 Å². The van der Waals surface area contributed by atoms with E-state index in [0.717, 1.165) is 12.6 Å². The number of benzene rings is 1. The summed E-state index contributed by atoms with van der Waals surface area (Å²) in [6.07, 6.45) is 0. The molecule has 2 N–H and O–H groups in total. The molecule has 1 aromatic carbocycles. The first-order chi connectivity index (χ1) is 7.91. The number of aromatic hydroxyl groups is 1. The van der Waals surface area contributed by atoms with Crippen LogP contribution in [0, 0.1) is 17.7 Å². The van der Waals surface area contributed by atoms with E-state index in [0.29, 0.717) is 17.4 Å². The maximum Gasteiger partial charge on any atom is 0.131 e. The predicted octanol–water partition coefficient (Wildman–Crippen LogP) is 3.47. The Balaban J connectivity index is 2.61. The van der Waals surface area contributed by atoms with Crippen molar-refractivity contribution >= 4 is 0 Å². The first-order valence-corrected chi connectivity index (χ1v) is 6.13. The van der Waals surface area contributed by atoms with Crippen LogP contribution in [0.25, 0.3) is 0 Å². The lowest BCUT2D eigenvalue weighted by molar-refractivity contribution is 0.372. The van der Waals surface area contributed by atoms with Crippen molar-refractivity contribution < 1.29 is 9.50 Å². The Kier molecular flexibility index (Phi) is 4.94. The molecule has 17 heavy (non-hydrogen) atoms. The Bertz CT molecular complexity index is 365. The van der Waals surface area contributed by atoms with Gasteiger partial charge in [-0.25, -0.2) is 4.39 Å². The molecule has 0 aliphatic rings. The van der Waals surface area contributed by atoms with Gasteiger partial charge in [0.05, 0.1) is 0 Å². The number of phenols is 1. The summed E-state index contributed by atoms with van der Waals surface area (Å²) in [6.45, 7) is 9.33. The third-order valence-corrected chi connectivity index (χ3v) is 3.33. The molecule has 0 aliphatic carbocycles. The molecule has 0 fully saturated rings. The van der Waals surface area contributed by atoms with Crippen LogP contribution in [0.1, 0.15) is 39.3 Å². The Hall–Kier alpha value is -1.09. The molecule has 2 atom stereocenters. The summed E-state index contributed by atoms with van der Waals surface area (Å²) in [5.74, 6) is 0.771. The fourth-order valence-corrected chi connectivity index (χ4v) is 1.58. The Labute approximate surface area is 103 Å².